The van der Waals surface area contributed by atoms with Gasteiger partial charge in [-0.05, 0) is 40.8 Å². The molecule has 19 heavy (non-hydrogen) atoms. The third kappa shape index (κ3) is 2.03. The Hall–Kier alpha value is -1.12. The maximum atomic E-state index is 12.7. The maximum absolute atomic E-state index is 12.7. The van der Waals surface area contributed by atoms with E-state index in [0.717, 1.165) is 37.9 Å². The Labute approximate surface area is 121 Å². The molecular weight excluding hydrogens is 276 g/mol. The van der Waals surface area contributed by atoms with E-state index >= 15 is 0 Å². The number of hydrogen-bond donors (Lipinski definition) is 0. The van der Waals surface area contributed by atoms with E-state index in [9.17, 15) is 4.21 Å². The highest BCUT2D eigenvalue weighted by Crippen LogP contribution is 2.38. The molecular formula is C16H15ClOS. The molecule has 0 aliphatic carbocycles. The summed E-state index contributed by atoms with van der Waals surface area (Å²) in [5.74, 6) is 0.338. The van der Waals surface area contributed by atoms with Crippen LogP contribution in [-0.4, -0.2) is 4.21 Å². The molecule has 1 atom stereocenters. The molecule has 0 amide bonds. The first-order chi connectivity index (χ1) is 9.09. The predicted octanol–water partition coefficient (Wildman–Crippen LogP) is 4.53. The Bertz CT molecular complexity index is 676. The third-order valence-electron chi connectivity index (χ3n) is 3.58. The molecule has 0 radical (unpaired) electrons. The van der Waals surface area contributed by atoms with Crippen molar-refractivity contribution < 1.29 is 4.21 Å². The second-order valence-corrected chi connectivity index (χ2v) is 6.97. The summed E-state index contributed by atoms with van der Waals surface area (Å²) in [5, 5.41) is 0.783. The molecule has 0 bridgehead atoms. The molecule has 0 saturated heterocycles. The van der Waals surface area contributed by atoms with Crippen LogP contribution in [0.2, 0.25) is 5.02 Å². The zero-order valence-corrected chi connectivity index (χ0v) is 12.5. The molecule has 1 nitrogen and oxygen atoms in total. The van der Waals surface area contributed by atoms with E-state index in [-0.39, 0.29) is 0 Å². The van der Waals surface area contributed by atoms with Crippen LogP contribution >= 0.6 is 11.6 Å². The molecule has 3 rings (SSSR count). The van der Waals surface area contributed by atoms with Gasteiger partial charge in [-0.2, -0.15) is 0 Å². The second-order valence-electron chi connectivity index (χ2n) is 5.15. The summed E-state index contributed by atoms with van der Waals surface area (Å²) in [6, 6.07) is 11.7. The van der Waals surface area contributed by atoms with Crippen molar-refractivity contribution in [1.29, 1.82) is 0 Å². The lowest BCUT2D eigenvalue weighted by atomic mass is 9.92. The van der Waals surface area contributed by atoms with E-state index in [4.69, 9.17) is 11.6 Å². The van der Waals surface area contributed by atoms with Crippen LogP contribution < -0.4 is 0 Å². The van der Waals surface area contributed by atoms with Gasteiger partial charge >= 0.3 is 0 Å². The minimum absolute atomic E-state index is 0.338. The summed E-state index contributed by atoms with van der Waals surface area (Å²) in [6.45, 7) is 4.26. The van der Waals surface area contributed by atoms with E-state index in [2.05, 4.69) is 19.9 Å². The van der Waals surface area contributed by atoms with Crippen LogP contribution in [-0.2, 0) is 17.2 Å². The van der Waals surface area contributed by atoms with Gasteiger partial charge < -0.3 is 0 Å². The van der Waals surface area contributed by atoms with Gasteiger partial charge in [-0.1, -0.05) is 43.6 Å². The maximum Gasteiger partial charge on any atom is 0.0855 e. The van der Waals surface area contributed by atoms with Crippen molar-refractivity contribution in [3.05, 3.63) is 58.1 Å². The molecule has 0 saturated carbocycles. The van der Waals surface area contributed by atoms with Crippen molar-refractivity contribution in [1.82, 2.24) is 0 Å². The van der Waals surface area contributed by atoms with E-state index in [1.54, 1.807) is 0 Å². The molecule has 0 N–H and O–H groups in total. The Morgan fingerprint density at radius 3 is 2.58 bits per heavy atom. The molecule has 0 fully saturated rings. The Balaban J connectivity index is 2.26. The zero-order valence-electron chi connectivity index (χ0n) is 10.9. The summed E-state index contributed by atoms with van der Waals surface area (Å²) in [5.41, 5.74) is 3.44. The summed E-state index contributed by atoms with van der Waals surface area (Å²) >= 11 is 6.33. The van der Waals surface area contributed by atoms with E-state index in [1.165, 1.54) is 0 Å². The summed E-state index contributed by atoms with van der Waals surface area (Å²) in [7, 11) is -1.08. The normalized spacial score (nSPS) is 17.2. The van der Waals surface area contributed by atoms with Crippen LogP contribution in [0.1, 0.15) is 36.5 Å². The fourth-order valence-corrected chi connectivity index (χ4v) is 4.55. The molecule has 0 aromatic heterocycles. The molecule has 2 aromatic rings. The summed E-state index contributed by atoms with van der Waals surface area (Å²) in [6.07, 6.45) is 0.825. The van der Waals surface area contributed by atoms with Gasteiger partial charge in [-0.25, -0.2) is 4.21 Å². The largest absolute Gasteiger partial charge is 0.249 e. The van der Waals surface area contributed by atoms with Crippen LogP contribution in [0.15, 0.2) is 46.2 Å². The lowest BCUT2D eigenvalue weighted by Gasteiger charge is -2.24. The van der Waals surface area contributed by atoms with E-state index in [1.807, 2.05) is 30.3 Å². The SMILES string of the molecule is CC(C)c1c(Cl)ccc2c1Cc1ccccc1S2=O. The fraction of sp³-hybridized carbons (Fsp3) is 0.250. The Kier molecular flexibility index (Phi) is 3.23. The van der Waals surface area contributed by atoms with E-state index in [0.29, 0.717) is 5.92 Å². The van der Waals surface area contributed by atoms with Crippen molar-refractivity contribution in [3.8, 4) is 0 Å². The molecule has 1 aliphatic rings. The van der Waals surface area contributed by atoms with Gasteiger partial charge in [0.05, 0.1) is 10.8 Å². The first kappa shape index (κ1) is 12.9. The topological polar surface area (TPSA) is 17.1 Å². The smallest absolute Gasteiger partial charge is 0.0855 e. The third-order valence-corrected chi connectivity index (χ3v) is 5.49. The summed E-state index contributed by atoms with van der Waals surface area (Å²) in [4.78, 5) is 1.86. The van der Waals surface area contributed by atoms with Crippen molar-refractivity contribution in [3.63, 3.8) is 0 Å². The molecule has 1 unspecified atom stereocenters. The highest BCUT2D eigenvalue weighted by Gasteiger charge is 2.25. The van der Waals surface area contributed by atoms with Gasteiger partial charge in [0.15, 0.2) is 0 Å². The molecule has 2 aromatic carbocycles. The second kappa shape index (κ2) is 4.77. The quantitative estimate of drug-likeness (QED) is 0.643. The van der Waals surface area contributed by atoms with E-state index < -0.39 is 10.8 Å². The van der Waals surface area contributed by atoms with Gasteiger partial charge in [0.1, 0.15) is 0 Å². The van der Waals surface area contributed by atoms with Crippen LogP contribution in [0.3, 0.4) is 0 Å². The molecule has 0 spiro atoms. The Morgan fingerprint density at radius 2 is 1.84 bits per heavy atom. The number of benzene rings is 2. The lowest BCUT2D eigenvalue weighted by Crippen LogP contribution is -2.12. The van der Waals surface area contributed by atoms with Crippen LogP contribution in [0.25, 0.3) is 0 Å². The molecule has 98 valence electrons. The molecule has 1 aliphatic heterocycles. The zero-order chi connectivity index (χ0) is 13.6. The predicted molar refractivity (Wildman–Crippen MR) is 79.5 cm³/mol. The van der Waals surface area contributed by atoms with Gasteiger partial charge in [0.2, 0.25) is 0 Å². The Morgan fingerprint density at radius 1 is 1.11 bits per heavy atom. The van der Waals surface area contributed by atoms with Crippen molar-refractivity contribution >= 4 is 22.4 Å². The highest BCUT2D eigenvalue weighted by atomic mass is 35.5. The van der Waals surface area contributed by atoms with Gasteiger partial charge in [-0.3, -0.25) is 0 Å². The fourth-order valence-electron chi connectivity index (χ4n) is 2.74. The number of halogens is 1. The van der Waals surface area contributed by atoms with Crippen LogP contribution in [0, 0.1) is 0 Å². The number of rotatable bonds is 1. The number of hydrogen-bond acceptors (Lipinski definition) is 1. The average Bonchev–Trinajstić information content (AvgIpc) is 2.38. The van der Waals surface area contributed by atoms with Crippen molar-refractivity contribution in [2.75, 3.05) is 0 Å². The van der Waals surface area contributed by atoms with Gasteiger partial charge in [-0.15, -0.1) is 0 Å². The van der Waals surface area contributed by atoms with Gasteiger partial charge in [0.25, 0.3) is 0 Å². The lowest BCUT2D eigenvalue weighted by molar-refractivity contribution is 0.678. The highest BCUT2D eigenvalue weighted by molar-refractivity contribution is 7.85. The molecule has 1 heterocycles. The van der Waals surface area contributed by atoms with Crippen molar-refractivity contribution in [2.24, 2.45) is 0 Å². The van der Waals surface area contributed by atoms with Crippen molar-refractivity contribution in [2.45, 2.75) is 36.0 Å². The molecule has 3 heteroatoms. The first-order valence-corrected chi connectivity index (χ1v) is 7.93. The minimum Gasteiger partial charge on any atom is -0.249 e. The minimum atomic E-state index is -1.08. The first-order valence-electron chi connectivity index (χ1n) is 6.40. The summed E-state index contributed by atoms with van der Waals surface area (Å²) < 4.78 is 12.7. The average molecular weight is 291 g/mol. The standard InChI is InChI=1S/C16H15ClOS/c1-10(2)16-12-9-11-5-3-4-6-14(11)19(18)15(12)8-7-13(16)17/h3-8,10H,9H2,1-2H3. The van der Waals surface area contributed by atoms with Crippen LogP contribution in [0.4, 0.5) is 0 Å². The monoisotopic (exact) mass is 290 g/mol. The van der Waals surface area contributed by atoms with Gasteiger partial charge in [0, 0.05) is 21.2 Å². The van der Waals surface area contributed by atoms with Crippen LogP contribution in [0.5, 0.6) is 0 Å². The number of fused-ring (bicyclic) bond motifs is 2.